The molecule has 0 spiro atoms. The van der Waals surface area contributed by atoms with Crippen molar-refractivity contribution < 1.29 is 9.15 Å². The van der Waals surface area contributed by atoms with E-state index in [0.29, 0.717) is 12.5 Å². The maximum absolute atomic E-state index is 5.77. The zero-order valence-corrected chi connectivity index (χ0v) is 13.8. The van der Waals surface area contributed by atoms with E-state index in [-0.39, 0.29) is 0 Å². The summed E-state index contributed by atoms with van der Waals surface area (Å²) in [6, 6.07) is 15.9. The van der Waals surface area contributed by atoms with Gasteiger partial charge in [-0.2, -0.15) is 0 Å². The van der Waals surface area contributed by atoms with E-state index in [1.54, 1.807) is 0 Å². The maximum Gasteiger partial charge on any atom is 0.233 e. The SMILES string of the molecule is c1ccc2oc(COc3ccc(CCCn4ccnc4)cc3)nc2c1. The molecule has 126 valence electrons. The van der Waals surface area contributed by atoms with Crippen LogP contribution in [-0.4, -0.2) is 14.5 Å². The minimum atomic E-state index is 0.328. The van der Waals surface area contributed by atoms with Gasteiger partial charge in [0.25, 0.3) is 0 Å². The number of aromatic nitrogens is 3. The topological polar surface area (TPSA) is 53.1 Å². The predicted molar refractivity (Wildman–Crippen MR) is 95.3 cm³/mol. The lowest BCUT2D eigenvalue weighted by Crippen LogP contribution is -1.97. The van der Waals surface area contributed by atoms with Crippen LogP contribution in [-0.2, 0) is 19.6 Å². The number of fused-ring (bicyclic) bond motifs is 1. The van der Waals surface area contributed by atoms with E-state index in [4.69, 9.17) is 9.15 Å². The summed E-state index contributed by atoms with van der Waals surface area (Å²) in [7, 11) is 0. The minimum absolute atomic E-state index is 0.328. The molecule has 0 unspecified atom stereocenters. The number of para-hydroxylation sites is 2. The Hall–Kier alpha value is -3.08. The number of ether oxygens (including phenoxy) is 1. The summed E-state index contributed by atoms with van der Waals surface area (Å²) in [6.07, 6.45) is 7.76. The average Bonchev–Trinajstić information content (AvgIpc) is 3.30. The van der Waals surface area contributed by atoms with Crippen molar-refractivity contribution in [1.29, 1.82) is 0 Å². The number of benzene rings is 2. The first-order chi connectivity index (χ1) is 12.4. The zero-order chi connectivity index (χ0) is 16.9. The summed E-state index contributed by atoms with van der Waals surface area (Å²) in [5.41, 5.74) is 2.94. The Morgan fingerprint density at radius 1 is 1.04 bits per heavy atom. The van der Waals surface area contributed by atoms with Gasteiger partial charge in [0.15, 0.2) is 12.2 Å². The molecule has 4 aromatic rings. The van der Waals surface area contributed by atoms with Crippen LogP contribution in [0.2, 0.25) is 0 Å². The van der Waals surface area contributed by atoms with E-state index in [1.807, 2.05) is 55.1 Å². The summed E-state index contributed by atoms with van der Waals surface area (Å²) in [5.74, 6) is 1.41. The van der Waals surface area contributed by atoms with Crippen molar-refractivity contribution in [3.05, 3.63) is 78.7 Å². The van der Waals surface area contributed by atoms with E-state index in [2.05, 4.69) is 26.7 Å². The Morgan fingerprint density at radius 2 is 1.92 bits per heavy atom. The van der Waals surface area contributed by atoms with Crippen molar-refractivity contribution in [2.45, 2.75) is 26.0 Å². The molecule has 0 bridgehead atoms. The minimum Gasteiger partial charge on any atom is -0.484 e. The number of hydrogen-bond donors (Lipinski definition) is 0. The molecular formula is C20H19N3O2. The first-order valence-corrected chi connectivity index (χ1v) is 8.39. The van der Waals surface area contributed by atoms with Crippen LogP contribution in [0.4, 0.5) is 0 Å². The molecule has 0 atom stereocenters. The van der Waals surface area contributed by atoms with Crippen molar-refractivity contribution in [3.8, 4) is 5.75 Å². The monoisotopic (exact) mass is 333 g/mol. The van der Waals surface area contributed by atoms with Crippen LogP contribution >= 0.6 is 0 Å². The Morgan fingerprint density at radius 3 is 2.72 bits per heavy atom. The highest BCUT2D eigenvalue weighted by molar-refractivity contribution is 5.72. The van der Waals surface area contributed by atoms with Gasteiger partial charge >= 0.3 is 0 Å². The van der Waals surface area contributed by atoms with Crippen LogP contribution in [0, 0.1) is 0 Å². The second-order valence-electron chi connectivity index (χ2n) is 5.91. The zero-order valence-electron chi connectivity index (χ0n) is 13.8. The summed E-state index contributed by atoms with van der Waals surface area (Å²) >= 11 is 0. The van der Waals surface area contributed by atoms with E-state index in [1.165, 1.54) is 5.56 Å². The van der Waals surface area contributed by atoms with Gasteiger partial charge in [-0.3, -0.25) is 0 Å². The van der Waals surface area contributed by atoms with Gasteiger partial charge < -0.3 is 13.7 Å². The van der Waals surface area contributed by atoms with E-state index in [9.17, 15) is 0 Å². The van der Waals surface area contributed by atoms with Crippen LogP contribution in [0.25, 0.3) is 11.1 Å². The number of rotatable bonds is 7. The lowest BCUT2D eigenvalue weighted by Gasteiger charge is -2.06. The molecule has 2 aromatic heterocycles. The third-order valence-electron chi connectivity index (χ3n) is 4.06. The van der Waals surface area contributed by atoms with Gasteiger partial charge in [-0.05, 0) is 42.7 Å². The van der Waals surface area contributed by atoms with Gasteiger partial charge in [-0.25, -0.2) is 9.97 Å². The van der Waals surface area contributed by atoms with Crippen LogP contribution in [0.3, 0.4) is 0 Å². The molecule has 2 aromatic carbocycles. The standard InChI is InChI=1S/C20H19N3O2/c1-2-6-19-18(5-1)22-20(25-19)14-24-17-9-7-16(8-10-17)4-3-12-23-13-11-21-15-23/h1-2,5-11,13,15H,3-4,12,14H2. The summed E-state index contributed by atoms with van der Waals surface area (Å²) in [4.78, 5) is 8.46. The molecule has 0 fully saturated rings. The predicted octanol–water partition coefficient (Wildman–Crippen LogP) is 4.24. The number of hydrogen-bond acceptors (Lipinski definition) is 4. The summed E-state index contributed by atoms with van der Waals surface area (Å²) < 4.78 is 13.5. The molecule has 5 nitrogen and oxygen atoms in total. The van der Waals surface area contributed by atoms with Crippen molar-refractivity contribution in [3.63, 3.8) is 0 Å². The van der Waals surface area contributed by atoms with Crippen molar-refractivity contribution in [2.75, 3.05) is 0 Å². The number of imidazole rings is 1. The molecule has 0 N–H and O–H groups in total. The number of aryl methyl sites for hydroxylation is 2. The fourth-order valence-corrected chi connectivity index (χ4v) is 2.76. The van der Waals surface area contributed by atoms with Crippen molar-refractivity contribution >= 4 is 11.1 Å². The highest BCUT2D eigenvalue weighted by Gasteiger charge is 2.05. The number of nitrogens with zero attached hydrogens (tertiary/aromatic N) is 3. The Bertz CT molecular complexity index is 894. The molecule has 0 aliphatic rings. The Kier molecular flexibility index (Phi) is 4.46. The summed E-state index contributed by atoms with van der Waals surface area (Å²) in [6.45, 7) is 1.31. The summed E-state index contributed by atoms with van der Waals surface area (Å²) in [5, 5.41) is 0. The van der Waals surface area contributed by atoms with Gasteiger partial charge in [0.05, 0.1) is 6.33 Å². The smallest absolute Gasteiger partial charge is 0.233 e. The maximum atomic E-state index is 5.77. The van der Waals surface area contributed by atoms with E-state index < -0.39 is 0 Å². The van der Waals surface area contributed by atoms with Crippen LogP contribution in [0.1, 0.15) is 17.9 Å². The van der Waals surface area contributed by atoms with Crippen LogP contribution in [0.5, 0.6) is 5.75 Å². The van der Waals surface area contributed by atoms with Gasteiger partial charge in [0.2, 0.25) is 5.89 Å². The van der Waals surface area contributed by atoms with E-state index >= 15 is 0 Å². The molecule has 0 saturated heterocycles. The second-order valence-corrected chi connectivity index (χ2v) is 5.91. The molecule has 0 aliphatic carbocycles. The highest BCUT2D eigenvalue weighted by atomic mass is 16.5. The Balaban J connectivity index is 1.29. The lowest BCUT2D eigenvalue weighted by atomic mass is 10.1. The fourth-order valence-electron chi connectivity index (χ4n) is 2.76. The second kappa shape index (κ2) is 7.21. The van der Waals surface area contributed by atoms with Gasteiger partial charge in [0, 0.05) is 18.9 Å². The normalized spacial score (nSPS) is 11.0. The molecule has 4 rings (SSSR count). The first-order valence-electron chi connectivity index (χ1n) is 8.39. The lowest BCUT2D eigenvalue weighted by molar-refractivity contribution is 0.267. The third kappa shape index (κ3) is 3.88. The molecule has 2 heterocycles. The van der Waals surface area contributed by atoms with Crippen molar-refractivity contribution in [1.82, 2.24) is 14.5 Å². The Labute approximate surface area is 145 Å². The molecule has 0 amide bonds. The number of oxazole rings is 1. The average molecular weight is 333 g/mol. The molecule has 5 heteroatoms. The van der Waals surface area contributed by atoms with Gasteiger partial charge in [-0.1, -0.05) is 24.3 Å². The fraction of sp³-hybridized carbons (Fsp3) is 0.200. The highest BCUT2D eigenvalue weighted by Crippen LogP contribution is 2.18. The molecular weight excluding hydrogens is 314 g/mol. The molecule has 0 aliphatic heterocycles. The first kappa shape index (κ1) is 15.4. The molecule has 0 saturated carbocycles. The van der Waals surface area contributed by atoms with Crippen LogP contribution < -0.4 is 4.74 Å². The molecule has 25 heavy (non-hydrogen) atoms. The molecule has 0 radical (unpaired) electrons. The largest absolute Gasteiger partial charge is 0.484 e. The van der Waals surface area contributed by atoms with E-state index in [0.717, 1.165) is 36.2 Å². The van der Waals surface area contributed by atoms with Gasteiger partial charge in [-0.15, -0.1) is 0 Å². The quantitative estimate of drug-likeness (QED) is 0.508. The van der Waals surface area contributed by atoms with Crippen LogP contribution in [0.15, 0.2) is 71.7 Å². The van der Waals surface area contributed by atoms with Crippen molar-refractivity contribution in [2.24, 2.45) is 0 Å². The van der Waals surface area contributed by atoms with Gasteiger partial charge in [0.1, 0.15) is 11.3 Å². The third-order valence-corrected chi connectivity index (χ3v) is 4.06.